The fraction of sp³-hybridized carbons (Fsp3) is 0.500. The van der Waals surface area contributed by atoms with Gasteiger partial charge in [-0.05, 0) is 0 Å². The van der Waals surface area contributed by atoms with Crippen molar-refractivity contribution >= 4 is 17.4 Å². The van der Waals surface area contributed by atoms with Crippen molar-refractivity contribution in [3.63, 3.8) is 0 Å². The van der Waals surface area contributed by atoms with Crippen LogP contribution in [0.5, 0.6) is 6.01 Å². The maximum atomic E-state index is 6.17. The summed E-state index contributed by atoms with van der Waals surface area (Å²) in [4.78, 5) is 14.4. The first-order valence-corrected chi connectivity index (χ1v) is 6.78. The van der Waals surface area contributed by atoms with Gasteiger partial charge in [-0.3, -0.25) is 0 Å². The molecule has 1 aliphatic heterocycles. The highest BCUT2D eigenvalue weighted by atomic mass is 35.5. The minimum atomic E-state index is -0.284. The summed E-state index contributed by atoms with van der Waals surface area (Å²) < 4.78 is 15.7. The highest BCUT2D eigenvalue weighted by molar-refractivity contribution is 6.32. The van der Waals surface area contributed by atoms with Gasteiger partial charge < -0.3 is 18.9 Å². The van der Waals surface area contributed by atoms with E-state index in [4.69, 9.17) is 25.6 Å². The van der Waals surface area contributed by atoms with E-state index in [-0.39, 0.29) is 12.1 Å². The fourth-order valence-corrected chi connectivity index (χ4v) is 2.32. The number of aryl methyl sites for hydroxylation is 1. The van der Waals surface area contributed by atoms with Crippen LogP contribution in [0.2, 0.25) is 5.02 Å². The van der Waals surface area contributed by atoms with E-state index >= 15 is 0 Å². The van der Waals surface area contributed by atoms with E-state index in [1.54, 1.807) is 6.92 Å². The number of rotatable bonds is 3. The minimum absolute atomic E-state index is 0.271. The zero-order valence-electron chi connectivity index (χ0n) is 11.6. The first-order valence-electron chi connectivity index (χ1n) is 6.40. The molecule has 21 heavy (non-hydrogen) atoms. The topological polar surface area (TPSA) is 86.4 Å². The molecule has 0 aliphatic carbocycles. The van der Waals surface area contributed by atoms with Crippen LogP contribution in [0.1, 0.15) is 17.8 Å². The number of methoxy groups -OCH3 is 1. The minimum Gasteiger partial charge on any atom is -0.467 e. The average molecular weight is 312 g/mol. The smallest absolute Gasteiger partial charge is 0.318 e. The molecule has 0 amide bonds. The Hall–Kier alpha value is -1.93. The molecule has 1 saturated heterocycles. The van der Waals surface area contributed by atoms with Gasteiger partial charge in [0, 0.05) is 13.5 Å². The molecule has 0 unspecified atom stereocenters. The van der Waals surface area contributed by atoms with E-state index in [1.807, 2.05) is 4.90 Å². The van der Waals surface area contributed by atoms with Crippen molar-refractivity contribution in [1.82, 2.24) is 20.1 Å². The molecule has 2 aromatic rings. The predicted octanol–water partition coefficient (Wildman–Crippen LogP) is 1.41. The lowest BCUT2D eigenvalue weighted by molar-refractivity contribution is 0.0323. The Labute approximate surface area is 126 Å². The average Bonchev–Trinajstić information content (AvgIpc) is 2.94. The zero-order valence-corrected chi connectivity index (χ0v) is 12.4. The van der Waals surface area contributed by atoms with Crippen LogP contribution in [-0.4, -0.2) is 46.9 Å². The second-order valence-electron chi connectivity index (χ2n) is 4.51. The summed E-state index contributed by atoms with van der Waals surface area (Å²) in [5.74, 6) is 1.64. The van der Waals surface area contributed by atoms with Gasteiger partial charge >= 0.3 is 6.01 Å². The molecule has 0 spiro atoms. The molecule has 9 heteroatoms. The van der Waals surface area contributed by atoms with Crippen molar-refractivity contribution in [3.8, 4) is 6.01 Å². The molecule has 3 rings (SSSR count). The fourth-order valence-electron chi connectivity index (χ4n) is 2.11. The van der Waals surface area contributed by atoms with Crippen LogP contribution < -0.4 is 9.64 Å². The van der Waals surface area contributed by atoms with Gasteiger partial charge in [0.05, 0.1) is 26.5 Å². The van der Waals surface area contributed by atoms with E-state index in [2.05, 4.69) is 20.1 Å². The number of anilines is 1. The molecular weight excluding hydrogens is 298 g/mol. The summed E-state index contributed by atoms with van der Waals surface area (Å²) in [5, 5.41) is 4.35. The second-order valence-corrected chi connectivity index (χ2v) is 4.91. The van der Waals surface area contributed by atoms with Crippen LogP contribution in [0.3, 0.4) is 0 Å². The third-order valence-electron chi connectivity index (χ3n) is 3.08. The maximum absolute atomic E-state index is 6.17. The van der Waals surface area contributed by atoms with E-state index < -0.39 is 0 Å². The molecular formula is C12H14ClN5O3. The van der Waals surface area contributed by atoms with Gasteiger partial charge in [-0.25, -0.2) is 4.98 Å². The van der Waals surface area contributed by atoms with Crippen molar-refractivity contribution in [1.29, 1.82) is 0 Å². The van der Waals surface area contributed by atoms with Crippen LogP contribution in [0.25, 0.3) is 0 Å². The van der Waals surface area contributed by atoms with Crippen LogP contribution >= 0.6 is 11.6 Å². The lowest BCUT2D eigenvalue weighted by Crippen LogP contribution is -2.39. The molecule has 0 saturated carbocycles. The van der Waals surface area contributed by atoms with Crippen LogP contribution in [0.15, 0.2) is 10.7 Å². The Morgan fingerprint density at radius 3 is 3.00 bits per heavy atom. The summed E-state index contributed by atoms with van der Waals surface area (Å²) in [7, 11) is 1.51. The Kier molecular flexibility index (Phi) is 3.89. The van der Waals surface area contributed by atoms with Gasteiger partial charge in [0.15, 0.2) is 5.82 Å². The second kappa shape index (κ2) is 5.82. The van der Waals surface area contributed by atoms with Gasteiger partial charge in [0.1, 0.15) is 11.1 Å². The molecule has 1 aliphatic rings. The predicted molar refractivity (Wildman–Crippen MR) is 73.5 cm³/mol. The van der Waals surface area contributed by atoms with E-state index in [0.29, 0.717) is 42.3 Å². The van der Waals surface area contributed by atoms with Crippen molar-refractivity contribution in [2.45, 2.75) is 13.0 Å². The van der Waals surface area contributed by atoms with Gasteiger partial charge in [-0.15, -0.1) is 0 Å². The number of ether oxygens (including phenoxy) is 2. The quantitative estimate of drug-likeness (QED) is 0.841. The highest BCUT2D eigenvalue weighted by Crippen LogP contribution is 2.29. The molecule has 112 valence electrons. The highest BCUT2D eigenvalue weighted by Gasteiger charge is 2.28. The van der Waals surface area contributed by atoms with Crippen LogP contribution in [0.4, 0.5) is 5.82 Å². The molecule has 1 fully saturated rings. The number of morpholine rings is 1. The van der Waals surface area contributed by atoms with Crippen molar-refractivity contribution in [3.05, 3.63) is 22.9 Å². The number of hydrogen-bond acceptors (Lipinski definition) is 8. The molecule has 0 bridgehead atoms. The van der Waals surface area contributed by atoms with Gasteiger partial charge in [0.25, 0.3) is 0 Å². The zero-order chi connectivity index (χ0) is 14.8. The van der Waals surface area contributed by atoms with Crippen molar-refractivity contribution < 1.29 is 14.0 Å². The van der Waals surface area contributed by atoms with Crippen LogP contribution in [0, 0.1) is 6.92 Å². The normalized spacial score (nSPS) is 18.8. The number of halogens is 1. The lowest BCUT2D eigenvalue weighted by Gasteiger charge is -2.32. The largest absolute Gasteiger partial charge is 0.467 e. The summed E-state index contributed by atoms with van der Waals surface area (Å²) >= 11 is 6.17. The van der Waals surface area contributed by atoms with E-state index in [1.165, 1.54) is 13.3 Å². The summed E-state index contributed by atoms with van der Waals surface area (Å²) in [6.07, 6.45) is 1.24. The van der Waals surface area contributed by atoms with Crippen molar-refractivity contribution in [2.24, 2.45) is 0 Å². The Morgan fingerprint density at radius 1 is 1.43 bits per heavy atom. The number of aromatic nitrogens is 4. The molecule has 1 atom stereocenters. The number of nitrogens with zero attached hydrogens (tertiary/aromatic N) is 5. The molecule has 3 heterocycles. The molecule has 8 nitrogen and oxygen atoms in total. The third-order valence-corrected chi connectivity index (χ3v) is 3.35. The standard InChI is InChI=1S/C12H14ClN5O3/c1-7-15-10(17-21-7)9-6-18(3-4-20-9)11-8(13)5-14-12(16-11)19-2/h5,9H,3-4,6H2,1-2H3/t9-/m0/s1. The Bertz CT molecular complexity index is 635. The first kappa shape index (κ1) is 14.0. The first-order chi connectivity index (χ1) is 10.2. The third kappa shape index (κ3) is 2.91. The molecule has 2 aromatic heterocycles. The summed E-state index contributed by atoms with van der Waals surface area (Å²) in [5.41, 5.74) is 0. The van der Waals surface area contributed by atoms with Gasteiger partial charge in [-0.2, -0.15) is 9.97 Å². The van der Waals surface area contributed by atoms with Crippen LogP contribution in [-0.2, 0) is 4.74 Å². The molecule has 0 aromatic carbocycles. The van der Waals surface area contributed by atoms with Gasteiger partial charge in [-0.1, -0.05) is 16.8 Å². The van der Waals surface area contributed by atoms with Gasteiger partial charge in [0.2, 0.25) is 11.7 Å². The Balaban J connectivity index is 1.83. The van der Waals surface area contributed by atoms with E-state index in [9.17, 15) is 0 Å². The SMILES string of the molecule is COc1ncc(Cl)c(N2CCO[C@H](c3noc(C)n3)C2)n1. The summed E-state index contributed by atoms with van der Waals surface area (Å²) in [6.45, 7) is 3.44. The lowest BCUT2D eigenvalue weighted by atomic mass is 10.2. The van der Waals surface area contributed by atoms with Crippen molar-refractivity contribution in [2.75, 3.05) is 31.7 Å². The molecule has 0 N–H and O–H groups in total. The van der Waals surface area contributed by atoms with E-state index in [0.717, 1.165) is 0 Å². The Morgan fingerprint density at radius 2 is 2.29 bits per heavy atom. The molecule has 0 radical (unpaired) electrons. The number of hydrogen-bond donors (Lipinski definition) is 0. The maximum Gasteiger partial charge on any atom is 0.318 e. The summed E-state index contributed by atoms with van der Waals surface area (Å²) in [6, 6.07) is 0.271. The monoisotopic (exact) mass is 311 g/mol.